The van der Waals surface area contributed by atoms with Crippen molar-refractivity contribution in [1.29, 1.82) is 0 Å². The maximum Gasteiger partial charge on any atom is 0.196 e. The van der Waals surface area contributed by atoms with E-state index >= 15 is 0 Å². The highest BCUT2D eigenvalue weighted by molar-refractivity contribution is 5.52. The van der Waals surface area contributed by atoms with E-state index in [1.54, 1.807) is 12.5 Å². The quantitative estimate of drug-likeness (QED) is 0.838. The molecular formula is C12H15N3O. The van der Waals surface area contributed by atoms with Crippen LogP contribution in [0, 0.1) is 13.8 Å². The number of hydrogen-bond acceptors (Lipinski definition) is 4. The van der Waals surface area contributed by atoms with Gasteiger partial charge in [0.25, 0.3) is 0 Å². The van der Waals surface area contributed by atoms with Crippen LogP contribution in [0.4, 0.5) is 0 Å². The Morgan fingerprint density at radius 1 is 1.38 bits per heavy atom. The summed E-state index contributed by atoms with van der Waals surface area (Å²) in [7, 11) is 0. The summed E-state index contributed by atoms with van der Waals surface area (Å²) >= 11 is 0. The van der Waals surface area contributed by atoms with Crippen molar-refractivity contribution in [1.82, 2.24) is 9.97 Å². The lowest BCUT2D eigenvalue weighted by atomic mass is 10.1. The number of aromatic nitrogens is 2. The van der Waals surface area contributed by atoms with Crippen LogP contribution in [0.3, 0.4) is 0 Å². The number of aryl methyl sites for hydroxylation is 2. The van der Waals surface area contributed by atoms with Crippen molar-refractivity contribution in [3.63, 3.8) is 0 Å². The Morgan fingerprint density at radius 3 is 2.62 bits per heavy atom. The van der Waals surface area contributed by atoms with E-state index in [4.69, 9.17) is 10.2 Å². The molecule has 0 spiro atoms. The van der Waals surface area contributed by atoms with Gasteiger partial charge >= 0.3 is 0 Å². The van der Waals surface area contributed by atoms with Crippen molar-refractivity contribution in [2.75, 3.05) is 0 Å². The predicted molar refractivity (Wildman–Crippen MR) is 61.8 cm³/mol. The third kappa shape index (κ3) is 1.84. The standard InChI is InChI=1S/C12H15N3O/c1-7-4-5-16-11(7)12-14-6-10(8(2)13)9(3)15-12/h4-6,8H,13H2,1-3H3. The highest BCUT2D eigenvalue weighted by Gasteiger charge is 2.12. The van der Waals surface area contributed by atoms with E-state index in [2.05, 4.69) is 9.97 Å². The molecule has 0 aliphatic heterocycles. The Balaban J connectivity index is 2.46. The third-order valence-electron chi connectivity index (χ3n) is 2.57. The molecule has 16 heavy (non-hydrogen) atoms. The first-order valence-corrected chi connectivity index (χ1v) is 5.23. The van der Waals surface area contributed by atoms with E-state index in [9.17, 15) is 0 Å². The molecule has 84 valence electrons. The molecule has 0 fully saturated rings. The predicted octanol–water partition coefficient (Wildman–Crippen LogP) is 2.37. The Morgan fingerprint density at radius 2 is 2.12 bits per heavy atom. The van der Waals surface area contributed by atoms with Crippen molar-refractivity contribution in [3.8, 4) is 11.6 Å². The summed E-state index contributed by atoms with van der Waals surface area (Å²) in [5, 5.41) is 0. The molecule has 2 N–H and O–H groups in total. The molecular weight excluding hydrogens is 202 g/mol. The SMILES string of the molecule is Cc1ccoc1-c1ncc(C(C)N)c(C)n1. The first kappa shape index (κ1) is 10.8. The largest absolute Gasteiger partial charge is 0.461 e. The number of rotatable bonds is 2. The van der Waals surface area contributed by atoms with Gasteiger partial charge in [-0.3, -0.25) is 0 Å². The molecule has 0 aliphatic carbocycles. The Hall–Kier alpha value is -1.68. The van der Waals surface area contributed by atoms with Gasteiger partial charge in [-0.2, -0.15) is 0 Å². The highest BCUT2D eigenvalue weighted by Crippen LogP contribution is 2.22. The van der Waals surface area contributed by atoms with E-state index in [1.807, 2.05) is 26.8 Å². The van der Waals surface area contributed by atoms with Gasteiger partial charge in [0.15, 0.2) is 11.6 Å². The topological polar surface area (TPSA) is 64.9 Å². The van der Waals surface area contributed by atoms with E-state index in [1.165, 1.54) is 0 Å². The molecule has 0 saturated carbocycles. The smallest absolute Gasteiger partial charge is 0.196 e. The minimum atomic E-state index is -0.0493. The van der Waals surface area contributed by atoms with Crippen molar-refractivity contribution in [2.24, 2.45) is 5.73 Å². The molecule has 2 aromatic heterocycles. The second kappa shape index (κ2) is 4.06. The summed E-state index contributed by atoms with van der Waals surface area (Å²) in [5.41, 5.74) is 8.71. The average Bonchev–Trinajstić information content (AvgIpc) is 2.63. The van der Waals surface area contributed by atoms with E-state index in [0.717, 1.165) is 22.6 Å². The van der Waals surface area contributed by atoms with Gasteiger partial charge in [0.2, 0.25) is 0 Å². The van der Waals surface area contributed by atoms with Gasteiger partial charge in [-0.25, -0.2) is 9.97 Å². The molecule has 2 heterocycles. The average molecular weight is 217 g/mol. The highest BCUT2D eigenvalue weighted by atomic mass is 16.3. The normalized spacial score (nSPS) is 12.8. The van der Waals surface area contributed by atoms with Gasteiger partial charge in [-0.05, 0) is 32.4 Å². The van der Waals surface area contributed by atoms with Crippen LogP contribution in [-0.4, -0.2) is 9.97 Å². The van der Waals surface area contributed by atoms with Gasteiger partial charge in [0, 0.05) is 23.5 Å². The summed E-state index contributed by atoms with van der Waals surface area (Å²) < 4.78 is 5.35. The van der Waals surface area contributed by atoms with Gasteiger partial charge in [-0.1, -0.05) is 0 Å². The first-order chi connectivity index (χ1) is 7.59. The van der Waals surface area contributed by atoms with E-state index < -0.39 is 0 Å². The number of hydrogen-bond donors (Lipinski definition) is 1. The molecule has 0 bridgehead atoms. The van der Waals surface area contributed by atoms with E-state index in [-0.39, 0.29) is 6.04 Å². The van der Waals surface area contributed by atoms with Gasteiger partial charge < -0.3 is 10.2 Å². The number of nitrogens with two attached hydrogens (primary N) is 1. The molecule has 2 aromatic rings. The third-order valence-corrected chi connectivity index (χ3v) is 2.57. The molecule has 0 radical (unpaired) electrons. The number of nitrogens with zero attached hydrogens (tertiary/aromatic N) is 2. The second-order valence-corrected chi connectivity index (χ2v) is 3.96. The molecule has 0 aromatic carbocycles. The van der Waals surface area contributed by atoms with Gasteiger partial charge in [0.1, 0.15) is 0 Å². The maximum atomic E-state index is 5.81. The minimum absolute atomic E-state index is 0.0493. The lowest BCUT2D eigenvalue weighted by Crippen LogP contribution is -2.09. The minimum Gasteiger partial charge on any atom is -0.461 e. The molecule has 1 atom stereocenters. The molecule has 1 unspecified atom stereocenters. The summed E-state index contributed by atoms with van der Waals surface area (Å²) in [6.07, 6.45) is 3.41. The lowest BCUT2D eigenvalue weighted by Gasteiger charge is -2.08. The zero-order chi connectivity index (χ0) is 11.7. The van der Waals surface area contributed by atoms with Crippen molar-refractivity contribution in [3.05, 3.63) is 35.3 Å². The van der Waals surface area contributed by atoms with Crippen LogP contribution in [0.1, 0.15) is 29.8 Å². The summed E-state index contributed by atoms with van der Waals surface area (Å²) in [6, 6.07) is 1.85. The molecule has 4 heteroatoms. The maximum absolute atomic E-state index is 5.81. The first-order valence-electron chi connectivity index (χ1n) is 5.23. The summed E-state index contributed by atoms with van der Waals surface area (Å²) in [6.45, 7) is 5.82. The fourth-order valence-corrected chi connectivity index (χ4v) is 1.63. The van der Waals surface area contributed by atoms with Crippen LogP contribution in [0.5, 0.6) is 0 Å². The lowest BCUT2D eigenvalue weighted by molar-refractivity contribution is 0.575. The second-order valence-electron chi connectivity index (χ2n) is 3.96. The molecule has 0 aliphatic rings. The van der Waals surface area contributed by atoms with Crippen LogP contribution < -0.4 is 5.73 Å². The molecule has 0 saturated heterocycles. The van der Waals surface area contributed by atoms with Crippen LogP contribution in [0.2, 0.25) is 0 Å². The fourth-order valence-electron chi connectivity index (χ4n) is 1.63. The van der Waals surface area contributed by atoms with Crippen molar-refractivity contribution in [2.45, 2.75) is 26.8 Å². The molecule has 2 rings (SSSR count). The number of furan rings is 1. The van der Waals surface area contributed by atoms with Gasteiger partial charge in [0.05, 0.1) is 6.26 Å². The van der Waals surface area contributed by atoms with E-state index in [0.29, 0.717) is 5.82 Å². The zero-order valence-corrected chi connectivity index (χ0v) is 9.69. The molecule has 0 amide bonds. The van der Waals surface area contributed by atoms with Crippen molar-refractivity contribution >= 4 is 0 Å². The van der Waals surface area contributed by atoms with Crippen LogP contribution in [0.25, 0.3) is 11.6 Å². The monoisotopic (exact) mass is 217 g/mol. The Labute approximate surface area is 94.5 Å². The fraction of sp³-hybridized carbons (Fsp3) is 0.333. The summed E-state index contributed by atoms with van der Waals surface area (Å²) in [4.78, 5) is 8.69. The van der Waals surface area contributed by atoms with Crippen LogP contribution in [-0.2, 0) is 0 Å². The van der Waals surface area contributed by atoms with Crippen LogP contribution >= 0.6 is 0 Å². The Kier molecular flexibility index (Phi) is 2.75. The molecule has 4 nitrogen and oxygen atoms in total. The van der Waals surface area contributed by atoms with Crippen LogP contribution in [0.15, 0.2) is 22.9 Å². The van der Waals surface area contributed by atoms with Gasteiger partial charge in [-0.15, -0.1) is 0 Å². The van der Waals surface area contributed by atoms with Crippen molar-refractivity contribution < 1.29 is 4.42 Å². The Bertz CT molecular complexity index is 503. The zero-order valence-electron chi connectivity index (χ0n) is 9.69. The summed E-state index contributed by atoms with van der Waals surface area (Å²) in [5.74, 6) is 1.34.